The van der Waals surface area contributed by atoms with E-state index >= 15 is 0 Å². The molecule has 6 nitrogen and oxygen atoms in total. The monoisotopic (exact) mass is 488 g/mol. The second-order valence-electron chi connectivity index (χ2n) is 6.55. The van der Waals surface area contributed by atoms with Gasteiger partial charge in [-0.1, -0.05) is 41.4 Å². The third-order valence-corrected chi connectivity index (χ3v) is 4.82. The van der Waals surface area contributed by atoms with Crippen LogP contribution in [0.25, 0.3) is 12.2 Å². The summed E-state index contributed by atoms with van der Waals surface area (Å²) in [5, 5.41) is 17.6. The first-order valence-electron chi connectivity index (χ1n) is 8.80. The van der Waals surface area contributed by atoms with Gasteiger partial charge in [0, 0.05) is 16.1 Å². The van der Waals surface area contributed by atoms with Crippen molar-refractivity contribution >= 4 is 47.3 Å². The molecule has 2 aromatic rings. The van der Waals surface area contributed by atoms with E-state index in [-0.39, 0.29) is 28.0 Å². The van der Waals surface area contributed by atoms with E-state index in [0.717, 1.165) is 17.4 Å². The zero-order valence-corrected chi connectivity index (χ0v) is 17.3. The Bertz CT molecular complexity index is 1140. The number of carboxylic acid groups (broad SMARTS) is 2. The Balaban J connectivity index is 0.000000193. The topological polar surface area (TPSA) is 93.1 Å². The molecule has 2 N–H and O–H groups in total. The number of halogens is 5. The van der Waals surface area contributed by atoms with Gasteiger partial charge in [0.05, 0.1) is 16.2 Å². The van der Waals surface area contributed by atoms with Crippen molar-refractivity contribution in [2.45, 2.75) is 12.3 Å². The number of hydrogen-bond donors (Lipinski definition) is 2. The number of aliphatic carboxylic acids is 2. The van der Waals surface area contributed by atoms with Crippen LogP contribution >= 0.6 is 23.2 Å². The van der Waals surface area contributed by atoms with Gasteiger partial charge in [-0.05, 0) is 30.4 Å². The summed E-state index contributed by atoms with van der Waals surface area (Å²) in [5.74, 6) is -2.13. The summed E-state index contributed by atoms with van der Waals surface area (Å²) in [5.41, 5.74) is 0.290. The first-order valence-corrected chi connectivity index (χ1v) is 9.56. The minimum atomic E-state index is -4.86. The second kappa shape index (κ2) is 9.13. The fourth-order valence-electron chi connectivity index (χ4n) is 2.89. The molecule has 2 aromatic carbocycles. The summed E-state index contributed by atoms with van der Waals surface area (Å²) in [7, 11) is 0. The number of benzene rings is 2. The van der Waals surface area contributed by atoms with Gasteiger partial charge in [-0.15, -0.1) is 0 Å². The lowest BCUT2D eigenvalue weighted by atomic mass is 10.0. The van der Waals surface area contributed by atoms with Gasteiger partial charge in [0.1, 0.15) is 18.1 Å². The smallest absolute Gasteiger partial charge is 0.430 e. The maximum Gasteiger partial charge on any atom is 0.430 e. The molecular weight excluding hydrogens is 476 g/mol. The lowest BCUT2D eigenvalue weighted by Crippen LogP contribution is -2.40. The lowest BCUT2D eigenvalue weighted by Gasteiger charge is -2.27. The second-order valence-corrected chi connectivity index (χ2v) is 7.40. The number of rotatable bonds is 2. The van der Waals surface area contributed by atoms with E-state index in [0.29, 0.717) is 5.57 Å². The predicted octanol–water partition coefficient (Wildman–Crippen LogP) is 5.33. The molecule has 0 radical (unpaired) electrons. The highest BCUT2D eigenvalue weighted by atomic mass is 35.5. The zero-order chi connectivity index (χ0) is 23.6. The van der Waals surface area contributed by atoms with Gasteiger partial charge in [-0.2, -0.15) is 13.2 Å². The fourth-order valence-corrected chi connectivity index (χ4v) is 3.45. The Hall–Kier alpha value is -3.17. The standard InChI is InChI=1S/C11H5Cl2F3O3.C10H8O3/c12-5-1-4-2-6(10(17)18)9(11(14,15)16)19-8(4)7(13)3-5;11-10(12)8-5-7-3-1-2-4-9(7)13-6-8/h1-3,9H,(H,17,18);1-5H,6H2,(H,11,12). The van der Waals surface area contributed by atoms with Crippen molar-refractivity contribution in [3.05, 3.63) is 68.7 Å². The first kappa shape index (κ1) is 23.5. The molecule has 11 heteroatoms. The Labute approximate surface area is 189 Å². The van der Waals surface area contributed by atoms with Gasteiger partial charge in [0.25, 0.3) is 0 Å². The first-order chi connectivity index (χ1) is 15.0. The minimum Gasteiger partial charge on any atom is -0.488 e. The molecule has 2 aliphatic rings. The predicted molar refractivity (Wildman–Crippen MR) is 110 cm³/mol. The van der Waals surface area contributed by atoms with Gasteiger partial charge < -0.3 is 19.7 Å². The number of carboxylic acids is 2. The normalized spacial score (nSPS) is 16.6. The SMILES string of the molecule is O=C(O)C1=Cc2cc(Cl)cc(Cl)c2OC1C(F)(F)F.O=C(O)C1=Cc2ccccc2OC1. The Kier molecular flexibility index (Phi) is 6.71. The van der Waals surface area contributed by atoms with Crippen molar-refractivity contribution in [3.63, 3.8) is 0 Å². The Morgan fingerprint density at radius 2 is 1.69 bits per heavy atom. The summed E-state index contributed by atoms with van der Waals surface area (Å²) in [6.07, 6.45) is -4.92. The van der Waals surface area contributed by atoms with Crippen LogP contribution in [-0.4, -0.2) is 41.0 Å². The van der Waals surface area contributed by atoms with Crippen LogP contribution in [0, 0.1) is 0 Å². The molecule has 0 aliphatic carbocycles. The van der Waals surface area contributed by atoms with Crippen molar-refractivity contribution in [1.82, 2.24) is 0 Å². The molecule has 0 saturated heterocycles. The molecule has 2 aliphatic heterocycles. The molecule has 0 aromatic heterocycles. The number of para-hydroxylation sites is 1. The third-order valence-electron chi connectivity index (χ3n) is 4.32. The van der Waals surface area contributed by atoms with Gasteiger partial charge in [0.15, 0.2) is 0 Å². The van der Waals surface area contributed by atoms with Crippen LogP contribution in [0.3, 0.4) is 0 Å². The van der Waals surface area contributed by atoms with Crippen molar-refractivity contribution < 1.29 is 42.4 Å². The molecule has 0 amide bonds. The summed E-state index contributed by atoms with van der Waals surface area (Å²) in [6, 6.07) is 9.86. The van der Waals surface area contributed by atoms with Crippen LogP contribution in [0.4, 0.5) is 13.2 Å². The molecule has 1 atom stereocenters. The van der Waals surface area contributed by atoms with Crippen LogP contribution in [0.5, 0.6) is 11.5 Å². The van der Waals surface area contributed by atoms with Crippen molar-refractivity contribution in [1.29, 1.82) is 0 Å². The number of alkyl halides is 3. The van der Waals surface area contributed by atoms with E-state index in [1.807, 2.05) is 24.3 Å². The fraction of sp³-hybridized carbons (Fsp3) is 0.143. The van der Waals surface area contributed by atoms with Crippen LogP contribution in [0.1, 0.15) is 11.1 Å². The average Bonchev–Trinajstić information content (AvgIpc) is 2.72. The Morgan fingerprint density at radius 1 is 1.00 bits per heavy atom. The lowest BCUT2D eigenvalue weighted by molar-refractivity contribution is -0.187. The van der Waals surface area contributed by atoms with E-state index in [2.05, 4.69) is 0 Å². The highest BCUT2D eigenvalue weighted by Crippen LogP contribution is 2.42. The molecule has 32 heavy (non-hydrogen) atoms. The number of hydrogen-bond acceptors (Lipinski definition) is 4. The number of carbonyl (C=O) groups is 2. The van der Waals surface area contributed by atoms with Gasteiger partial charge in [-0.25, -0.2) is 9.59 Å². The zero-order valence-electron chi connectivity index (χ0n) is 15.8. The number of ether oxygens (including phenoxy) is 2. The summed E-state index contributed by atoms with van der Waals surface area (Å²) in [4.78, 5) is 21.5. The quantitative estimate of drug-likeness (QED) is 0.593. The van der Waals surface area contributed by atoms with Crippen LogP contribution in [-0.2, 0) is 9.59 Å². The molecule has 0 saturated carbocycles. The van der Waals surface area contributed by atoms with E-state index in [9.17, 15) is 22.8 Å². The van der Waals surface area contributed by atoms with Crippen LogP contribution in [0.15, 0.2) is 47.5 Å². The maximum atomic E-state index is 12.8. The van der Waals surface area contributed by atoms with Crippen molar-refractivity contribution in [2.24, 2.45) is 0 Å². The third kappa shape index (κ3) is 5.17. The summed E-state index contributed by atoms with van der Waals surface area (Å²) >= 11 is 11.4. The van der Waals surface area contributed by atoms with Gasteiger partial charge >= 0.3 is 18.1 Å². The molecule has 4 rings (SSSR count). The minimum absolute atomic E-state index is 0.0930. The summed E-state index contributed by atoms with van der Waals surface area (Å²) in [6.45, 7) is 0.145. The Morgan fingerprint density at radius 3 is 2.31 bits per heavy atom. The molecule has 0 spiro atoms. The van der Waals surface area contributed by atoms with E-state index in [4.69, 9.17) is 42.9 Å². The van der Waals surface area contributed by atoms with E-state index in [1.54, 1.807) is 6.08 Å². The highest BCUT2D eigenvalue weighted by Gasteiger charge is 2.48. The number of fused-ring (bicyclic) bond motifs is 2. The largest absolute Gasteiger partial charge is 0.488 e. The van der Waals surface area contributed by atoms with E-state index < -0.39 is 29.8 Å². The van der Waals surface area contributed by atoms with Crippen LogP contribution < -0.4 is 9.47 Å². The molecule has 0 bridgehead atoms. The molecular formula is C21H13Cl2F3O6. The maximum absolute atomic E-state index is 12.8. The molecule has 2 heterocycles. The summed E-state index contributed by atoms with van der Waals surface area (Å²) < 4.78 is 48.2. The van der Waals surface area contributed by atoms with Crippen molar-refractivity contribution in [2.75, 3.05) is 6.61 Å². The van der Waals surface area contributed by atoms with Crippen LogP contribution in [0.2, 0.25) is 10.0 Å². The average molecular weight is 489 g/mol. The van der Waals surface area contributed by atoms with E-state index in [1.165, 1.54) is 12.1 Å². The van der Waals surface area contributed by atoms with Gasteiger partial charge in [-0.3, -0.25) is 0 Å². The van der Waals surface area contributed by atoms with Gasteiger partial charge in [0.2, 0.25) is 6.10 Å². The molecule has 0 fully saturated rings. The molecule has 168 valence electrons. The highest BCUT2D eigenvalue weighted by molar-refractivity contribution is 6.36. The molecule has 1 unspecified atom stereocenters. The van der Waals surface area contributed by atoms with Crippen molar-refractivity contribution in [3.8, 4) is 11.5 Å².